The van der Waals surface area contributed by atoms with Gasteiger partial charge in [-0.25, -0.2) is 4.98 Å². The third-order valence-electron chi connectivity index (χ3n) is 3.23. The van der Waals surface area contributed by atoms with Gasteiger partial charge in [-0.15, -0.1) is 11.3 Å². The molecule has 0 aliphatic carbocycles. The molecule has 0 aliphatic rings. The fourth-order valence-electron chi connectivity index (χ4n) is 2.02. The van der Waals surface area contributed by atoms with Crippen LogP contribution in [0.3, 0.4) is 0 Å². The van der Waals surface area contributed by atoms with Gasteiger partial charge in [-0.1, -0.05) is 0 Å². The quantitative estimate of drug-likeness (QED) is 0.915. The fourth-order valence-corrected chi connectivity index (χ4v) is 2.89. The van der Waals surface area contributed by atoms with Gasteiger partial charge in [0, 0.05) is 32.6 Å². The first-order valence-corrected chi connectivity index (χ1v) is 7.69. The minimum absolute atomic E-state index is 0.0570. The number of thiophene rings is 1. The number of anilines is 2. The first-order valence-electron chi connectivity index (χ1n) is 6.87. The van der Waals surface area contributed by atoms with Crippen LogP contribution in [0.25, 0.3) is 10.2 Å². The van der Waals surface area contributed by atoms with Gasteiger partial charge < -0.3 is 15.1 Å². The van der Waals surface area contributed by atoms with Gasteiger partial charge in [-0.2, -0.15) is 4.98 Å². The van der Waals surface area contributed by atoms with Crippen LogP contribution >= 0.6 is 11.3 Å². The molecule has 0 spiro atoms. The third-order valence-corrected chi connectivity index (χ3v) is 4.17. The number of nitrogens with one attached hydrogen (secondary N) is 1. The molecular formula is C14H21N5OS. The van der Waals surface area contributed by atoms with Crippen molar-refractivity contribution in [1.29, 1.82) is 0 Å². The topological polar surface area (TPSA) is 61.4 Å². The largest absolute Gasteiger partial charge is 0.357 e. The summed E-state index contributed by atoms with van der Waals surface area (Å²) >= 11 is 1.64. The number of aromatic nitrogens is 2. The Labute approximate surface area is 128 Å². The lowest BCUT2D eigenvalue weighted by Crippen LogP contribution is -2.37. The van der Waals surface area contributed by atoms with Gasteiger partial charge >= 0.3 is 0 Å². The normalized spacial score (nSPS) is 10.7. The molecule has 0 saturated carbocycles. The molecule has 2 rings (SSSR count). The molecule has 1 amide bonds. The van der Waals surface area contributed by atoms with Crippen molar-refractivity contribution >= 4 is 39.2 Å². The zero-order valence-corrected chi connectivity index (χ0v) is 13.9. The van der Waals surface area contributed by atoms with Crippen molar-refractivity contribution in [1.82, 2.24) is 14.9 Å². The summed E-state index contributed by atoms with van der Waals surface area (Å²) in [6.45, 7) is 5.10. The molecule has 7 heteroatoms. The number of rotatable bonds is 5. The summed E-state index contributed by atoms with van der Waals surface area (Å²) in [5, 5.41) is 3.99. The Bertz CT molecular complexity index is 652. The number of fused-ring (bicyclic) bond motifs is 1. The van der Waals surface area contributed by atoms with Crippen LogP contribution in [0.2, 0.25) is 0 Å². The fraction of sp³-hybridized carbons (Fsp3) is 0.500. The minimum Gasteiger partial charge on any atom is -0.357 e. The van der Waals surface area contributed by atoms with Gasteiger partial charge in [-0.3, -0.25) is 4.79 Å². The summed E-state index contributed by atoms with van der Waals surface area (Å²) in [7, 11) is 5.33. The standard InChI is InChI=1S/C14H21N5OS/c1-6-19(8-11(20)18(4)5)12-10-7-9(2)21-13(10)17-14(15-3)16-12/h7H,6,8H2,1-5H3,(H,15,16,17). The minimum atomic E-state index is 0.0570. The summed E-state index contributed by atoms with van der Waals surface area (Å²) in [4.78, 5) is 26.8. The number of hydrogen-bond acceptors (Lipinski definition) is 6. The molecule has 0 aliphatic heterocycles. The molecule has 0 atom stereocenters. The Hall–Kier alpha value is -1.89. The van der Waals surface area contributed by atoms with E-state index >= 15 is 0 Å². The van der Waals surface area contributed by atoms with E-state index in [1.54, 1.807) is 37.4 Å². The van der Waals surface area contributed by atoms with E-state index in [1.165, 1.54) is 4.88 Å². The summed E-state index contributed by atoms with van der Waals surface area (Å²) in [5.74, 6) is 1.45. The molecule has 2 aromatic heterocycles. The highest BCUT2D eigenvalue weighted by molar-refractivity contribution is 7.18. The monoisotopic (exact) mass is 307 g/mol. The van der Waals surface area contributed by atoms with Crippen molar-refractivity contribution in [3.63, 3.8) is 0 Å². The SMILES string of the molecule is CCN(CC(=O)N(C)C)c1nc(NC)nc2sc(C)cc12. The zero-order valence-electron chi connectivity index (χ0n) is 13.1. The van der Waals surface area contributed by atoms with E-state index in [-0.39, 0.29) is 5.91 Å². The van der Waals surface area contributed by atoms with E-state index in [1.807, 2.05) is 11.8 Å². The lowest BCUT2D eigenvalue weighted by atomic mass is 10.3. The summed E-state index contributed by atoms with van der Waals surface area (Å²) in [6, 6.07) is 2.08. The number of amides is 1. The van der Waals surface area contributed by atoms with E-state index in [0.29, 0.717) is 19.0 Å². The highest BCUT2D eigenvalue weighted by Gasteiger charge is 2.18. The van der Waals surface area contributed by atoms with E-state index in [2.05, 4.69) is 28.3 Å². The van der Waals surface area contributed by atoms with E-state index in [9.17, 15) is 4.79 Å². The molecule has 0 fully saturated rings. The molecule has 1 N–H and O–H groups in total. The highest BCUT2D eigenvalue weighted by Crippen LogP contribution is 2.31. The molecule has 114 valence electrons. The van der Waals surface area contributed by atoms with Crippen LogP contribution in [-0.4, -0.2) is 55.0 Å². The maximum atomic E-state index is 12.0. The van der Waals surface area contributed by atoms with Gasteiger partial charge in [0.25, 0.3) is 0 Å². The Morgan fingerprint density at radius 1 is 1.38 bits per heavy atom. The zero-order chi connectivity index (χ0) is 15.6. The van der Waals surface area contributed by atoms with Crippen LogP contribution < -0.4 is 10.2 Å². The molecule has 0 bridgehead atoms. The number of nitrogens with zero attached hydrogens (tertiary/aromatic N) is 4. The van der Waals surface area contributed by atoms with Crippen molar-refractivity contribution in [3.8, 4) is 0 Å². The van der Waals surface area contributed by atoms with Crippen LogP contribution in [0, 0.1) is 6.92 Å². The van der Waals surface area contributed by atoms with E-state index in [4.69, 9.17) is 0 Å². The number of hydrogen-bond donors (Lipinski definition) is 1. The molecule has 6 nitrogen and oxygen atoms in total. The van der Waals surface area contributed by atoms with Gasteiger partial charge in [0.1, 0.15) is 10.6 Å². The van der Waals surface area contributed by atoms with Crippen LogP contribution in [0.15, 0.2) is 6.07 Å². The molecular weight excluding hydrogens is 286 g/mol. The van der Waals surface area contributed by atoms with Crippen molar-refractivity contribution in [3.05, 3.63) is 10.9 Å². The van der Waals surface area contributed by atoms with Crippen LogP contribution in [0.5, 0.6) is 0 Å². The lowest BCUT2D eigenvalue weighted by Gasteiger charge is -2.24. The molecule has 0 aromatic carbocycles. The highest BCUT2D eigenvalue weighted by atomic mass is 32.1. The number of carbonyl (C=O) groups excluding carboxylic acids is 1. The summed E-state index contributed by atoms with van der Waals surface area (Å²) < 4.78 is 0. The van der Waals surface area contributed by atoms with Crippen molar-refractivity contribution < 1.29 is 4.79 Å². The second-order valence-corrected chi connectivity index (χ2v) is 6.23. The molecule has 21 heavy (non-hydrogen) atoms. The van der Waals surface area contributed by atoms with Crippen molar-refractivity contribution in [2.24, 2.45) is 0 Å². The second kappa shape index (κ2) is 6.26. The molecule has 0 saturated heterocycles. The van der Waals surface area contributed by atoms with Gasteiger partial charge in [-0.05, 0) is 19.9 Å². The predicted molar refractivity (Wildman–Crippen MR) is 88.3 cm³/mol. The third kappa shape index (κ3) is 3.24. The summed E-state index contributed by atoms with van der Waals surface area (Å²) in [5.41, 5.74) is 0. The van der Waals surface area contributed by atoms with Crippen molar-refractivity contribution in [2.75, 3.05) is 44.4 Å². The lowest BCUT2D eigenvalue weighted by molar-refractivity contribution is -0.127. The Balaban J connectivity index is 2.48. The van der Waals surface area contributed by atoms with Gasteiger partial charge in [0.05, 0.1) is 11.9 Å². The van der Waals surface area contributed by atoms with Crippen LogP contribution in [0.1, 0.15) is 11.8 Å². The average molecular weight is 307 g/mol. The maximum absolute atomic E-state index is 12.0. The average Bonchev–Trinajstić information content (AvgIpc) is 2.83. The van der Waals surface area contributed by atoms with Gasteiger partial charge in [0.2, 0.25) is 11.9 Å². The number of carbonyl (C=O) groups is 1. The summed E-state index contributed by atoms with van der Waals surface area (Å²) in [6.07, 6.45) is 0. The smallest absolute Gasteiger partial charge is 0.241 e. The van der Waals surface area contributed by atoms with Crippen LogP contribution in [0.4, 0.5) is 11.8 Å². The maximum Gasteiger partial charge on any atom is 0.241 e. The van der Waals surface area contributed by atoms with E-state index < -0.39 is 0 Å². The van der Waals surface area contributed by atoms with Crippen molar-refractivity contribution in [2.45, 2.75) is 13.8 Å². The molecule has 0 radical (unpaired) electrons. The van der Waals surface area contributed by atoms with E-state index in [0.717, 1.165) is 16.0 Å². The molecule has 2 aromatic rings. The first kappa shape index (κ1) is 15.5. The Kier molecular flexibility index (Phi) is 4.62. The molecule has 2 heterocycles. The predicted octanol–water partition coefficient (Wildman–Crippen LogP) is 1.96. The molecule has 0 unspecified atom stereocenters. The first-order chi connectivity index (χ1) is 9.96. The number of likely N-dealkylation sites (N-methyl/N-ethyl adjacent to an activating group) is 2. The Morgan fingerprint density at radius 2 is 2.10 bits per heavy atom. The van der Waals surface area contributed by atoms with Crippen LogP contribution in [-0.2, 0) is 4.79 Å². The second-order valence-electron chi connectivity index (χ2n) is 5.00. The Morgan fingerprint density at radius 3 is 2.67 bits per heavy atom. The number of aryl methyl sites for hydroxylation is 1. The van der Waals surface area contributed by atoms with Gasteiger partial charge in [0.15, 0.2) is 0 Å².